The second-order valence-electron chi connectivity index (χ2n) is 8.01. The lowest BCUT2D eigenvalue weighted by Gasteiger charge is -2.08. The fourth-order valence-electron chi connectivity index (χ4n) is 3.57. The third-order valence-corrected chi connectivity index (χ3v) is 5.45. The highest BCUT2D eigenvalue weighted by molar-refractivity contribution is 5.93. The zero-order valence-corrected chi connectivity index (χ0v) is 19.3. The number of hydrogen-bond acceptors (Lipinski definition) is 6. The van der Waals surface area contributed by atoms with Gasteiger partial charge in [-0.1, -0.05) is 30.3 Å². The van der Waals surface area contributed by atoms with E-state index >= 15 is 0 Å². The molecule has 0 aliphatic rings. The van der Waals surface area contributed by atoms with Gasteiger partial charge >= 0.3 is 0 Å². The maximum Gasteiger partial charge on any atom is 0.155 e. The van der Waals surface area contributed by atoms with Gasteiger partial charge in [0.05, 0.1) is 30.0 Å². The Labute approximate surface area is 199 Å². The summed E-state index contributed by atoms with van der Waals surface area (Å²) in [6, 6.07) is 21.7. The van der Waals surface area contributed by atoms with E-state index in [-0.39, 0.29) is 5.78 Å². The monoisotopic (exact) mass is 452 g/mol. The quantitative estimate of drug-likeness (QED) is 0.234. The van der Waals surface area contributed by atoms with E-state index in [1.807, 2.05) is 66.7 Å². The Morgan fingerprint density at radius 3 is 2.59 bits per heavy atom. The predicted molar refractivity (Wildman–Crippen MR) is 136 cm³/mol. The number of aromatic nitrogens is 3. The average molecular weight is 453 g/mol. The fourth-order valence-corrected chi connectivity index (χ4v) is 3.57. The number of fused-ring (bicyclic) bond motifs is 1. The van der Waals surface area contributed by atoms with Gasteiger partial charge in [0.15, 0.2) is 5.78 Å². The molecule has 0 fully saturated rings. The Hall–Kier alpha value is -4.06. The number of allylic oxidation sites excluding steroid dienone is 1. The lowest BCUT2D eigenvalue weighted by molar-refractivity contribution is -0.114. The molecule has 4 rings (SSSR count). The minimum absolute atomic E-state index is 0.0952. The van der Waals surface area contributed by atoms with E-state index in [0.717, 1.165) is 53.1 Å². The number of ether oxygens (including phenoxy) is 1. The van der Waals surface area contributed by atoms with Crippen molar-refractivity contribution in [1.29, 1.82) is 0 Å². The number of carbonyl (C=O) groups excluding carboxylic acids is 1. The van der Waals surface area contributed by atoms with Crippen molar-refractivity contribution < 1.29 is 9.53 Å². The predicted octanol–water partition coefficient (Wildman–Crippen LogP) is 5.64. The Morgan fingerprint density at radius 2 is 1.76 bits per heavy atom. The number of ketones is 1. The first kappa shape index (κ1) is 23.1. The molecule has 2 heterocycles. The van der Waals surface area contributed by atoms with Crippen LogP contribution in [0.4, 0.5) is 5.82 Å². The highest BCUT2D eigenvalue weighted by atomic mass is 16.5. The molecule has 2 aromatic heterocycles. The van der Waals surface area contributed by atoms with Crippen LogP contribution < -0.4 is 10.1 Å². The first-order valence-corrected chi connectivity index (χ1v) is 11.4. The summed E-state index contributed by atoms with van der Waals surface area (Å²) in [6.45, 7) is 0.697. The highest BCUT2D eigenvalue weighted by Gasteiger charge is 2.02. The van der Waals surface area contributed by atoms with E-state index < -0.39 is 0 Å². The lowest BCUT2D eigenvalue weighted by Crippen LogP contribution is -2.03. The van der Waals surface area contributed by atoms with E-state index in [1.54, 1.807) is 25.5 Å². The van der Waals surface area contributed by atoms with Crippen LogP contribution in [0.1, 0.15) is 36.2 Å². The van der Waals surface area contributed by atoms with E-state index in [1.165, 1.54) is 0 Å². The summed E-state index contributed by atoms with van der Waals surface area (Å²) in [6.07, 6.45) is 8.09. The number of rotatable bonds is 11. The molecule has 0 atom stereocenters. The van der Waals surface area contributed by atoms with Crippen molar-refractivity contribution in [2.24, 2.45) is 0 Å². The first-order chi connectivity index (χ1) is 16.7. The van der Waals surface area contributed by atoms with Crippen LogP contribution in [-0.2, 0) is 17.8 Å². The largest absolute Gasteiger partial charge is 0.497 e. The van der Waals surface area contributed by atoms with Crippen molar-refractivity contribution in [2.75, 3.05) is 12.4 Å². The molecule has 0 amide bonds. The number of pyridine rings is 1. The molecular weight excluding hydrogens is 424 g/mol. The maximum atomic E-state index is 12.2. The van der Waals surface area contributed by atoms with Gasteiger partial charge in [0.25, 0.3) is 0 Å². The third-order valence-electron chi connectivity index (χ3n) is 5.45. The van der Waals surface area contributed by atoms with Gasteiger partial charge in [0, 0.05) is 18.7 Å². The van der Waals surface area contributed by atoms with Crippen LogP contribution in [0.3, 0.4) is 0 Å². The number of hydrogen-bond donors (Lipinski definition) is 1. The molecule has 0 unspecified atom stereocenters. The Kier molecular flexibility index (Phi) is 7.95. The smallest absolute Gasteiger partial charge is 0.155 e. The van der Waals surface area contributed by atoms with Gasteiger partial charge in [-0.15, -0.1) is 0 Å². The van der Waals surface area contributed by atoms with Gasteiger partial charge in [0.2, 0.25) is 0 Å². The van der Waals surface area contributed by atoms with Crippen LogP contribution in [0.2, 0.25) is 0 Å². The standard InChI is InChI=1S/C28H28N4O2/c1-34-25-17-13-21(14-18-25)19-30-28-12-6-8-22(32-28)7-2-3-9-24(33)16-15-23-20-29-26-10-4-5-11-27(26)31-23/h4-6,8,10-18,20H,2-3,7,9,19H2,1H3,(H,30,32)/b16-15+. The van der Waals surface area contributed by atoms with Gasteiger partial charge < -0.3 is 10.1 Å². The summed E-state index contributed by atoms with van der Waals surface area (Å²) in [4.78, 5) is 25.8. The van der Waals surface area contributed by atoms with E-state index in [4.69, 9.17) is 4.74 Å². The second kappa shape index (κ2) is 11.7. The number of nitrogens with zero attached hydrogens (tertiary/aromatic N) is 3. The van der Waals surface area contributed by atoms with Gasteiger partial charge in [-0.05, 0) is 73.4 Å². The molecule has 0 saturated carbocycles. The molecule has 1 N–H and O–H groups in total. The summed E-state index contributed by atoms with van der Waals surface area (Å²) in [5.41, 5.74) is 4.54. The van der Waals surface area contributed by atoms with Crippen LogP contribution >= 0.6 is 0 Å². The van der Waals surface area contributed by atoms with Crippen LogP contribution in [-0.4, -0.2) is 27.8 Å². The number of para-hydroxylation sites is 2. The Bertz CT molecular complexity index is 1270. The van der Waals surface area contributed by atoms with Gasteiger partial charge in [-0.2, -0.15) is 0 Å². The Balaban J connectivity index is 1.20. The highest BCUT2D eigenvalue weighted by Crippen LogP contribution is 2.14. The minimum atomic E-state index is 0.0952. The van der Waals surface area contributed by atoms with E-state index in [9.17, 15) is 4.79 Å². The van der Waals surface area contributed by atoms with Crippen molar-refractivity contribution in [3.63, 3.8) is 0 Å². The Morgan fingerprint density at radius 1 is 0.941 bits per heavy atom. The SMILES string of the molecule is COc1ccc(CNc2cccc(CCCCC(=O)/C=C/c3cnc4ccccc4n3)n2)cc1. The van der Waals surface area contributed by atoms with Gasteiger partial charge in [-0.25, -0.2) is 9.97 Å². The van der Waals surface area contributed by atoms with Crippen molar-refractivity contribution in [3.8, 4) is 5.75 Å². The van der Waals surface area contributed by atoms with Gasteiger partial charge in [0.1, 0.15) is 11.6 Å². The summed E-state index contributed by atoms with van der Waals surface area (Å²) < 4.78 is 5.19. The van der Waals surface area contributed by atoms with E-state index in [2.05, 4.69) is 20.3 Å². The number of benzene rings is 2. The number of unbranched alkanes of at least 4 members (excludes halogenated alkanes) is 1. The zero-order valence-electron chi connectivity index (χ0n) is 19.3. The molecular formula is C28H28N4O2. The minimum Gasteiger partial charge on any atom is -0.497 e. The molecule has 0 saturated heterocycles. The maximum absolute atomic E-state index is 12.2. The first-order valence-electron chi connectivity index (χ1n) is 11.4. The van der Waals surface area contributed by atoms with Crippen molar-refractivity contribution in [3.05, 3.63) is 96.0 Å². The van der Waals surface area contributed by atoms with Crippen molar-refractivity contribution >= 4 is 28.7 Å². The van der Waals surface area contributed by atoms with Crippen LogP contribution in [0.15, 0.2) is 79.0 Å². The van der Waals surface area contributed by atoms with Crippen LogP contribution in [0.25, 0.3) is 17.1 Å². The number of anilines is 1. The summed E-state index contributed by atoms with van der Waals surface area (Å²) in [5, 5.41) is 3.36. The lowest BCUT2D eigenvalue weighted by atomic mass is 10.1. The summed E-state index contributed by atoms with van der Waals surface area (Å²) >= 11 is 0. The number of carbonyl (C=O) groups is 1. The van der Waals surface area contributed by atoms with Crippen molar-refractivity contribution in [1.82, 2.24) is 15.0 Å². The molecule has 172 valence electrons. The number of methoxy groups -OCH3 is 1. The molecule has 0 bridgehead atoms. The molecule has 2 aromatic carbocycles. The summed E-state index contributed by atoms with van der Waals surface area (Å²) in [7, 11) is 1.66. The number of aryl methyl sites for hydroxylation is 1. The van der Waals surface area contributed by atoms with Crippen LogP contribution in [0, 0.1) is 0 Å². The molecule has 6 nitrogen and oxygen atoms in total. The molecule has 4 aromatic rings. The molecule has 0 radical (unpaired) electrons. The summed E-state index contributed by atoms with van der Waals surface area (Å²) in [5.74, 6) is 1.79. The number of nitrogens with one attached hydrogen (secondary N) is 1. The molecule has 0 spiro atoms. The van der Waals surface area contributed by atoms with Crippen LogP contribution in [0.5, 0.6) is 5.75 Å². The fraction of sp³-hybridized carbons (Fsp3) is 0.214. The van der Waals surface area contributed by atoms with E-state index in [0.29, 0.717) is 18.7 Å². The second-order valence-corrected chi connectivity index (χ2v) is 8.01. The third kappa shape index (κ3) is 6.72. The molecule has 0 aliphatic carbocycles. The normalized spacial score (nSPS) is 11.1. The molecule has 6 heteroatoms. The zero-order chi connectivity index (χ0) is 23.6. The van der Waals surface area contributed by atoms with Gasteiger partial charge in [-0.3, -0.25) is 9.78 Å². The molecule has 34 heavy (non-hydrogen) atoms. The average Bonchev–Trinajstić information content (AvgIpc) is 2.89. The van der Waals surface area contributed by atoms with Crippen molar-refractivity contribution in [2.45, 2.75) is 32.2 Å². The topological polar surface area (TPSA) is 77.0 Å². The molecule has 0 aliphatic heterocycles.